The third kappa shape index (κ3) is 4.71. The molecule has 0 bridgehead atoms. The molecular formula is C17H26N2O3. The van der Waals surface area contributed by atoms with Crippen LogP contribution in [0.4, 0.5) is 0 Å². The lowest BCUT2D eigenvalue weighted by Gasteiger charge is -2.32. The molecule has 122 valence electrons. The molecule has 1 unspecified atom stereocenters. The first-order valence-electron chi connectivity index (χ1n) is 7.94. The number of aliphatic hydroxyl groups is 1. The van der Waals surface area contributed by atoms with Crippen LogP contribution in [0.5, 0.6) is 5.75 Å². The summed E-state index contributed by atoms with van der Waals surface area (Å²) in [6.07, 6.45) is 3.80. The summed E-state index contributed by atoms with van der Waals surface area (Å²) in [5.41, 5.74) is 6.48. The normalized spacial score (nSPS) is 18.5. The molecule has 0 aliphatic heterocycles. The first-order valence-corrected chi connectivity index (χ1v) is 7.94. The van der Waals surface area contributed by atoms with Crippen LogP contribution in [0, 0.1) is 6.92 Å². The minimum absolute atomic E-state index is 0.140. The Bertz CT molecular complexity index is 498. The summed E-state index contributed by atoms with van der Waals surface area (Å²) in [6, 6.07) is 7.63. The molecular weight excluding hydrogens is 280 g/mol. The van der Waals surface area contributed by atoms with Gasteiger partial charge in [-0.1, -0.05) is 31.4 Å². The second-order valence-electron chi connectivity index (χ2n) is 6.21. The van der Waals surface area contributed by atoms with Crippen LogP contribution in [-0.2, 0) is 4.79 Å². The number of aliphatic hydroxyl groups excluding tert-OH is 1. The molecule has 4 N–H and O–H groups in total. The molecule has 1 atom stereocenters. The van der Waals surface area contributed by atoms with Crippen molar-refractivity contribution in [3.8, 4) is 5.75 Å². The molecule has 1 fully saturated rings. The minimum atomic E-state index is -0.768. The summed E-state index contributed by atoms with van der Waals surface area (Å²) in [5.74, 6) is 0.551. The molecule has 0 heterocycles. The van der Waals surface area contributed by atoms with E-state index in [4.69, 9.17) is 10.5 Å². The van der Waals surface area contributed by atoms with Crippen LogP contribution in [0.25, 0.3) is 0 Å². The van der Waals surface area contributed by atoms with E-state index in [1.165, 1.54) is 0 Å². The van der Waals surface area contributed by atoms with Crippen molar-refractivity contribution in [1.29, 1.82) is 0 Å². The Hall–Kier alpha value is -1.59. The average Bonchev–Trinajstić information content (AvgIpc) is 2.51. The number of hydrogen-bond donors (Lipinski definition) is 3. The van der Waals surface area contributed by atoms with Gasteiger partial charge in [-0.25, -0.2) is 0 Å². The Balaban J connectivity index is 1.73. The molecule has 0 aromatic heterocycles. The second-order valence-corrected chi connectivity index (χ2v) is 6.21. The highest BCUT2D eigenvalue weighted by molar-refractivity contribution is 5.86. The molecule has 2 rings (SSSR count). The summed E-state index contributed by atoms with van der Waals surface area (Å²) in [6.45, 7) is 2.28. The lowest BCUT2D eigenvalue weighted by Crippen LogP contribution is -2.56. The van der Waals surface area contributed by atoms with Crippen LogP contribution >= 0.6 is 0 Å². The monoisotopic (exact) mass is 306 g/mol. The van der Waals surface area contributed by atoms with Crippen molar-refractivity contribution in [2.75, 3.05) is 13.2 Å². The number of rotatable bonds is 6. The Morgan fingerprint density at radius 2 is 2.14 bits per heavy atom. The Labute approximate surface area is 131 Å². The van der Waals surface area contributed by atoms with Crippen molar-refractivity contribution < 1.29 is 14.6 Å². The molecule has 1 aromatic rings. The van der Waals surface area contributed by atoms with E-state index in [0.717, 1.165) is 24.8 Å². The number of ether oxygens (including phenoxy) is 1. The predicted molar refractivity (Wildman–Crippen MR) is 85.7 cm³/mol. The number of benzene rings is 1. The number of nitrogens with one attached hydrogen (secondary N) is 1. The molecule has 0 saturated heterocycles. The fourth-order valence-electron chi connectivity index (χ4n) is 2.75. The standard InChI is InChI=1S/C17H26N2O3/c1-13-6-5-7-15(10-13)22-12-14(20)11-19-16(21)17(18)8-3-2-4-9-17/h5-7,10,14,20H,2-4,8-9,11-12,18H2,1H3,(H,19,21). The molecule has 0 spiro atoms. The number of carbonyl (C=O) groups is 1. The summed E-state index contributed by atoms with van der Waals surface area (Å²) >= 11 is 0. The quantitative estimate of drug-likeness (QED) is 0.744. The van der Waals surface area contributed by atoms with Gasteiger partial charge in [-0.05, 0) is 37.5 Å². The molecule has 5 heteroatoms. The van der Waals surface area contributed by atoms with Crippen molar-refractivity contribution in [3.05, 3.63) is 29.8 Å². The molecule has 0 radical (unpaired) electrons. The zero-order valence-corrected chi connectivity index (χ0v) is 13.2. The maximum atomic E-state index is 12.2. The van der Waals surface area contributed by atoms with Gasteiger partial charge >= 0.3 is 0 Å². The zero-order chi connectivity index (χ0) is 16.0. The Morgan fingerprint density at radius 3 is 2.82 bits per heavy atom. The van der Waals surface area contributed by atoms with Gasteiger partial charge in [0.2, 0.25) is 5.91 Å². The lowest BCUT2D eigenvalue weighted by atomic mass is 9.82. The average molecular weight is 306 g/mol. The highest BCUT2D eigenvalue weighted by atomic mass is 16.5. The van der Waals surface area contributed by atoms with Crippen molar-refractivity contribution in [2.24, 2.45) is 5.73 Å². The topological polar surface area (TPSA) is 84.6 Å². The van der Waals surface area contributed by atoms with Crippen LogP contribution in [0.1, 0.15) is 37.7 Å². The van der Waals surface area contributed by atoms with Crippen LogP contribution in [0.3, 0.4) is 0 Å². The molecule has 1 aliphatic carbocycles. The van der Waals surface area contributed by atoms with Crippen molar-refractivity contribution >= 4 is 5.91 Å². The molecule has 5 nitrogen and oxygen atoms in total. The van der Waals surface area contributed by atoms with E-state index in [1.807, 2.05) is 31.2 Å². The van der Waals surface area contributed by atoms with Gasteiger partial charge in [0.1, 0.15) is 18.5 Å². The van der Waals surface area contributed by atoms with Gasteiger partial charge in [-0.3, -0.25) is 4.79 Å². The zero-order valence-electron chi connectivity index (χ0n) is 13.2. The number of carbonyl (C=O) groups excluding carboxylic acids is 1. The number of amides is 1. The van der Waals surface area contributed by atoms with Crippen LogP contribution in [0.15, 0.2) is 24.3 Å². The smallest absolute Gasteiger partial charge is 0.240 e. The molecule has 22 heavy (non-hydrogen) atoms. The van der Waals surface area contributed by atoms with Crippen molar-refractivity contribution in [2.45, 2.75) is 50.7 Å². The van der Waals surface area contributed by atoms with Gasteiger partial charge in [-0.15, -0.1) is 0 Å². The summed E-state index contributed by atoms with van der Waals surface area (Å²) in [4.78, 5) is 12.2. The minimum Gasteiger partial charge on any atom is -0.491 e. The molecule has 1 aliphatic rings. The lowest BCUT2D eigenvalue weighted by molar-refractivity contribution is -0.128. The fourth-order valence-corrected chi connectivity index (χ4v) is 2.75. The Morgan fingerprint density at radius 1 is 1.41 bits per heavy atom. The van der Waals surface area contributed by atoms with E-state index < -0.39 is 11.6 Å². The van der Waals surface area contributed by atoms with Crippen LogP contribution < -0.4 is 15.8 Å². The largest absolute Gasteiger partial charge is 0.491 e. The summed E-state index contributed by atoms with van der Waals surface area (Å²) in [5, 5.41) is 12.7. The highest BCUT2D eigenvalue weighted by Gasteiger charge is 2.35. The van der Waals surface area contributed by atoms with E-state index in [2.05, 4.69) is 5.32 Å². The summed E-state index contributed by atoms with van der Waals surface area (Å²) < 4.78 is 5.52. The van der Waals surface area contributed by atoms with Gasteiger partial charge < -0.3 is 20.9 Å². The van der Waals surface area contributed by atoms with Gasteiger partial charge in [0.05, 0.1) is 5.54 Å². The Kier molecular flexibility index (Phi) is 5.80. The fraction of sp³-hybridized carbons (Fsp3) is 0.588. The number of hydrogen-bond acceptors (Lipinski definition) is 4. The number of aryl methyl sites for hydroxylation is 1. The van der Waals surface area contributed by atoms with E-state index in [0.29, 0.717) is 18.6 Å². The third-order valence-corrected chi connectivity index (χ3v) is 4.13. The van der Waals surface area contributed by atoms with Gasteiger partial charge in [-0.2, -0.15) is 0 Å². The van der Waals surface area contributed by atoms with E-state index in [1.54, 1.807) is 0 Å². The summed E-state index contributed by atoms with van der Waals surface area (Å²) in [7, 11) is 0. The molecule has 1 aromatic carbocycles. The maximum Gasteiger partial charge on any atom is 0.240 e. The van der Waals surface area contributed by atoms with Crippen molar-refractivity contribution in [3.63, 3.8) is 0 Å². The third-order valence-electron chi connectivity index (χ3n) is 4.13. The van der Waals surface area contributed by atoms with E-state index >= 15 is 0 Å². The second kappa shape index (κ2) is 7.61. The van der Waals surface area contributed by atoms with E-state index in [9.17, 15) is 9.90 Å². The highest BCUT2D eigenvalue weighted by Crippen LogP contribution is 2.25. The van der Waals surface area contributed by atoms with E-state index in [-0.39, 0.29) is 19.1 Å². The SMILES string of the molecule is Cc1cccc(OCC(O)CNC(=O)C2(N)CCCCC2)c1. The van der Waals surface area contributed by atoms with Crippen LogP contribution in [-0.4, -0.2) is 35.8 Å². The van der Waals surface area contributed by atoms with Gasteiger partial charge in [0, 0.05) is 6.54 Å². The molecule has 1 amide bonds. The van der Waals surface area contributed by atoms with Crippen LogP contribution in [0.2, 0.25) is 0 Å². The first kappa shape index (κ1) is 16.8. The van der Waals surface area contributed by atoms with Gasteiger partial charge in [0.15, 0.2) is 0 Å². The predicted octanol–water partition coefficient (Wildman–Crippen LogP) is 1.51. The van der Waals surface area contributed by atoms with Crippen molar-refractivity contribution in [1.82, 2.24) is 5.32 Å². The maximum absolute atomic E-state index is 12.2. The van der Waals surface area contributed by atoms with Gasteiger partial charge in [0.25, 0.3) is 0 Å². The number of nitrogens with two attached hydrogens (primary N) is 1. The molecule has 1 saturated carbocycles. The first-order chi connectivity index (χ1) is 10.5.